The maximum absolute atomic E-state index is 5.52. The van der Waals surface area contributed by atoms with Gasteiger partial charge in [-0.25, -0.2) is 9.36 Å². The lowest BCUT2D eigenvalue weighted by molar-refractivity contribution is 0.244. The fourth-order valence-corrected chi connectivity index (χ4v) is 3.61. The van der Waals surface area contributed by atoms with Gasteiger partial charge in [0.15, 0.2) is 4.77 Å². The summed E-state index contributed by atoms with van der Waals surface area (Å²) in [4.78, 5) is 2.18. The monoisotopic (exact) mass is 416 g/mol. The van der Waals surface area contributed by atoms with Crippen LogP contribution in [0.2, 0.25) is 0 Å². The molecule has 0 aliphatic carbocycles. The van der Waals surface area contributed by atoms with E-state index >= 15 is 0 Å². The molecule has 0 fully saturated rings. The van der Waals surface area contributed by atoms with Crippen molar-refractivity contribution in [2.24, 2.45) is 0 Å². The normalized spacial score (nSPS) is 11.1. The van der Waals surface area contributed by atoms with Crippen molar-refractivity contribution in [2.75, 3.05) is 7.05 Å². The first-order valence-corrected chi connectivity index (χ1v) is 10.2. The van der Waals surface area contributed by atoms with E-state index in [-0.39, 0.29) is 0 Å². The lowest BCUT2D eigenvalue weighted by Gasteiger charge is -2.16. The van der Waals surface area contributed by atoms with Crippen molar-refractivity contribution in [1.82, 2.24) is 29.0 Å². The number of rotatable bonds is 8. The van der Waals surface area contributed by atoms with Gasteiger partial charge in [-0.1, -0.05) is 54.6 Å². The predicted molar refractivity (Wildman–Crippen MR) is 122 cm³/mol. The van der Waals surface area contributed by atoms with Gasteiger partial charge in [-0.3, -0.25) is 4.90 Å². The zero-order valence-corrected chi connectivity index (χ0v) is 17.7. The highest BCUT2D eigenvalue weighted by atomic mass is 32.1. The summed E-state index contributed by atoms with van der Waals surface area (Å²) in [7, 11) is 2.06. The number of allylic oxidation sites excluding steroid dienone is 1. The van der Waals surface area contributed by atoms with Crippen LogP contribution in [0.3, 0.4) is 0 Å². The Labute approximate surface area is 181 Å². The second-order valence-corrected chi connectivity index (χ2v) is 7.52. The van der Waals surface area contributed by atoms with Crippen molar-refractivity contribution in [3.05, 3.63) is 96.2 Å². The number of benzene rings is 2. The van der Waals surface area contributed by atoms with Gasteiger partial charge >= 0.3 is 0 Å². The third-order valence-corrected chi connectivity index (χ3v) is 5.24. The number of hydrogen-bond acceptors (Lipinski definition) is 4. The van der Waals surface area contributed by atoms with Crippen molar-refractivity contribution in [2.45, 2.75) is 19.8 Å². The third kappa shape index (κ3) is 4.32. The molecule has 0 amide bonds. The summed E-state index contributed by atoms with van der Waals surface area (Å²) in [6.07, 6.45) is 5.67. The largest absolute Gasteiger partial charge is 0.303 e. The van der Waals surface area contributed by atoms with Crippen LogP contribution in [-0.4, -0.2) is 36.1 Å². The highest BCUT2D eigenvalue weighted by Crippen LogP contribution is 2.24. The Hall–Kier alpha value is -3.29. The van der Waals surface area contributed by atoms with E-state index in [2.05, 4.69) is 54.1 Å². The molecule has 6 nitrogen and oxygen atoms in total. The number of nitrogens with zero attached hydrogens (tertiary/aromatic N) is 6. The molecule has 2 aromatic heterocycles. The Morgan fingerprint density at radius 2 is 1.77 bits per heavy atom. The van der Waals surface area contributed by atoms with Crippen molar-refractivity contribution < 1.29 is 0 Å². The minimum atomic E-state index is 0.591. The molecule has 4 rings (SSSR count). The van der Waals surface area contributed by atoms with E-state index in [0.717, 1.165) is 22.5 Å². The van der Waals surface area contributed by atoms with Gasteiger partial charge in [0.05, 0.1) is 18.1 Å². The Bertz CT molecular complexity index is 1170. The topological polar surface area (TPSA) is 43.8 Å². The van der Waals surface area contributed by atoms with Crippen LogP contribution in [0.4, 0.5) is 0 Å². The molecule has 0 atom stereocenters. The second-order valence-electron chi connectivity index (χ2n) is 7.16. The molecule has 0 radical (unpaired) electrons. The minimum absolute atomic E-state index is 0.591. The summed E-state index contributed by atoms with van der Waals surface area (Å²) in [6, 6.07) is 20.4. The second kappa shape index (κ2) is 9.02. The summed E-state index contributed by atoms with van der Waals surface area (Å²) < 4.78 is 6.35. The molecule has 4 aromatic rings. The summed E-state index contributed by atoms with van der Waals surface area (Å²) in [5.74, 6) is 0. The van der Waals surface area contributed by atoms with E-state index in [0.29, 0.717) is 24.5 Å². The molecule has 0 saturated heterocycles. The van der Waals surface area contributed by atoms with Gasteiger partial charge in [-0.2, -0.15) is 10.2 Å². The minimum Gasteiger partial charge on any atom is -0.303 e. The fourth-order valence-electron chi connectivity index (χ4n) is 3.38. The van der Waals surface area contributed by atoms with Gasteiger partial charge in [0.2, 0.25) is 0 Å². The van der Waals surface area contributed by atoms with Crippen LogP contribution in [-0.2, 0) is 19.8 Å². The molecule has 2 aromatic carbocycles. The van der Waals surface area contributed by atoms with Crippen LogP contribution in [0.1, 0.15) is 5.56 Å². The Kier molecular flexibility index (Phi) is 6.02. The van der Waals surface area contributed by atoms with Gasteiger partial charge in [0, 0.05) is 30.4 Å². The summed E-state index contributed by atoms with van der Waals surface area (Å²) in [5.41, 5.74) is 4.26. The molecule has 0 aliphatic heterocycles. The molecule has 0 aliphatic rings. The van der Waals surface area contributed by atoms with Crippen LogP contribution >= 0.6 is 12.2 Å². The van der Waals surface area contributed by atoms with Crippen LogP contribution in [0.5, 0.6) is 0 Å². The molecule has 152 valence electrons. The molecule has 7 heteroatoms. The van der Waals surface area contributed by atoms with Gasteiger partial charge in [-0.05, 0) is 31.4 Å². The lowest BCUT2D eigenvalue weighted by atomic mass is 10.1. The Morgan fingerprint density at radius 3 is 2.47 bits per heavy atom. The molecular weight excluding hydrogens is 392 g/mol. The molecule has 0 saturated carbocycles. The molecular formula is C23H24N6S. The first-order chi connectivity index (χ1) is 14.7. The van der Waals surface area contributed by atoms with Crippen LogP contribution in [0, 0.1) is 4.77 Å². The number of para-hydroxylation sites is 1. The first-order valence-electron chi connectivity index (χ1n) is 9.77. The van der Waals surface area contributed by atoms with E-state index in [1.165, 1.54) is 0 Å². The maximum atomic E-state index is 5.52. The van der Waals surface area contributed by atoms with Crippen LogP contribution in [0.15, 0.2) is 85.8 Å². The molecule has 2 heterocycles. The van der Waals surface area contributed by atoms with Crippen molar-refractivity contribution >= 4 is 12.2 Å². The quantitative estimate of drug-likeness (QED) is 0.312. The van der Waals surface area contributed by atoms with E-state index in [1.807, 2.05) is 56.4 Å². The highest BCUT2D eigenvalue weighted by molar-refractivity contribution is 7.71. The summed E-state index contributed by atoms with van der Waals surface area (Å²) in [5, 5.41) is 9.30. The van der Waals surface area contributed by atoms with Crippen LogP contribution in [0.25, 0.3) is 16.9 Å². The van der Waals surface area contributed by atoms with Crippen LogP contribution < -0.4 is 0 Å². The van der Waals surface area contributed by atoms with E-state index in [1.54, 1.807) is 6.33 Å². The van der Waals surface area contributed by atoms with Gasteiger partial charge in [0.25, 0.3) is 0 Å². The van der Waals surface area contributed by atoms with Crippen molar-refractivity contribution in [1.29, 1.82) is 0 Å². The maximum Gasteiger partial charge on any atom is 0.199 e. The average molecular weight is 417 g/mol. The smallest absolute Gasteiger partial charge is 0.199 e. The number of hydrogen-bond donors (Lipinski definition) is 0. The molecule has 0 spiro atoms. The van der Waals surface area contributed by atoms with E-state index in [4.69, 9.17) is 17.3 Å². The van der Waals surface area contributed by atoms with Gasteiger partial charge in [0.1, 0.15) is 6.33 Å². The standard InChI is InChI=1S/C23H24N6S/c1-3-14-27-17-24-29(23(27)30)18-26(2)15-20-16-28(21-12-8-5-9-13-21)25-22(20)19-10-6-4-7-11-19/h3-13,16-17H,1,14-15,18H2,2H3. The zero-order chi connectivity index (χ0) is 20.9. The Balaban J connectivity index is 1.62. The van der Waals surface area contributed by atoms with Crippen molar-refractivity contribution in [3.63, 3.8) is 0 Å². The Morgan fingerprint density at radius 1 is 1.07 bits per heavy atom. The van der Waals surface area contributed by atoms with Gasteiger partial charge in [-0.15, -0.1) is 6.58 Å². The number of aromatic nitrogens is 5. The fraction of sp³-hybridized carbons (Fsp3) is 0.174. The van der Waals surface area contributed by atoms with E-state index in [9.17, 15) is 0 Å². The van der Waals surface area contributed by atoms with Crippen molar-refractivity contribution in [3.8, 4) is 16.9 Å². The predicted octanol–water partition coefficient (Wildman–Crippen LogP) is 4.54. The van der Waals surface area contributed by atoms with Gasteiger partial charge < -0.3 is 4.57 Å². The highest BCUT2D eigenvalue weighted by Gasteiger charge is 2.15. The summed E-state index contributed by atoms with van der Waals surface area (Å²) in [6.45, 7) is 5.73. The SMILES string of the molecule is C=CCn1cnn(CN(C)Cc2cn(-c3ccccc3)nc2-c2ccccc2)c1=S. The molecule has 0 N–H and O–H groups in total. The van der Waals surface area contributed by atoms with E-state index < -0.39 is 0 Å². The molecule has 0 bridgehead atoms. The molecule has 30 heavy (non-hydrogen) atoms. The third-order valence-electron chi connectivity index (χ3n) is 4.80. The first kappa shape index (κ1) is 20.0. The summed E-state index contributed by atoms with van der Waals surface area (Å²) >= 11 is 5.52. The zero-order valence-electron chi connectivity index (χ0n) is 16.9. The lowest BCUT2D eigenvalue weighted by Crippen LogP contribution is -2.22. The average Bonchev–Trinajstić information content (AvgIpc) is 3.34. The molecule has 0 unspecified atom stereocenters.